The molecule has 0 aromatic rings. The molecule has 2 saturated heterocycles. The molecule has 4 aliphatic rings. The van der Waals surface area contributed by atoms with Crippen LogP contribution in [0.5, 0.6) is 0 Å². The molecule has 4 rings (SSSR count). The summed E-state index contributed by atoms with van der Waals surface area (Å²) in [5, 5.41) is 70.9. The summed E-state index contributed by atoms with van der Waals surface area (Å²) in [6.45, 7) is 4.83. The monoisotopic (exact) mass is 464 g/mol. The third-order valence-corrected chi connectivity index (χ3v) is 8.65. The fraction of sp³-hybridized carbons (Fsp3) is 1.00. The Kier molecular flexibility index (Phi) is 6.44. The molecule has 0 unspecified atom stereocenters. The Balaban J connectivity index is 1.40. The Hall–Kier alpha value is -0.440. The predicted molar refractivity (Wildman–Crippen MR) is 106 cm³/mol. The first kappa shape index (κ1) is 24.7. The fourth-order valence-electron chi connectivity index (χ4n) is 5.89. The smallest absolute Gasteiger partial charge is 0.186 e. The summed E-state index contributed by atoms with van der Waals surface area (Å²) in [7, 11) is 0. The normalized spacial score (nSPS) is 54.9. The van der Waals surface area contributed by atoms with Crippen LogP contribution < -0.4 is 0 Å². The van der Waals surface area contributed by atoms with Crippen molar-refractivity contribution in [3.8, 4) is 0 Å². The molecular weight excluding hydrogens is 428 g/mol. The average molecular weight is 465 g/mol. The Morgan fingerprint density at radius 1 is 0.969 bits per heavy atom. The molecular formula is C21H36O11. The molecule has 0 radical (unpaired) electrons. The van der Waals surface area contributed by atoms with E-state index in [9.17, 15) is 35.7 Å². The van der Waals surface area contributed by atoms with Gasteiger partial charge in [0.2, 0.25) is 0 Å². The van der Waals surface area contributed by atoms with Crippen LogP contribution in [0.25, 0.3) is 0 Å². The van der Waals surface area contributed by atoms with Crippen molar-refractivity contribution in [2.45, 2.75) is 94.5 Å². The molecule has 2 saturated carbocycles. The molecule has 2 aliphatic heterocycles. The summed E-state index contributed by atoms with van der Waals surface area (Å²) in [6.07, 6.45) is -9.28. The fourth-order valence-corrected chi connectivity index (χ4v) is 5.89. The van der Waals surface area contributed by atoms with E-state index in [0.717, 1.165) is 0 Å². The van der Waals surface area contributed by atoms with Gasteiger partial charge < -0.3 is 54.7 Å². The van der Waals surface area contributed by atoms with Gasteiger partial charge in [0.1, 0.15) is 36.1 Å². The zero-order chi connectivity index (χ0) is 23.6. The minimum Gasteiger partial charge on any atom is -0.393 e. The van der Waals surface area contributed by atoms with Crippen molar-refractivity contribution in [3.63, 3.8) is 0 Å². The van der Waals surface area contributed by atoms with Crippen molar-refractivity contribution in [1.29, 1.82) is 0 Å². The summed E-state index contributed by atoms with van der Waals surface area (Å²) < 4.78 is 22.5. The lowest BCUT2D eigenvalue weighted by Gasteiger charge is -2.45. The number of aliphatic hydroxyl groups excluding tert-OH is 6. The second-order valence-electron chi connectivity index (χ2n) is 10.6. The molecule has 32 heavy (non-hydrogen) atoms. The Labute approximate surface area is 186 Å². The van der Waals surface area contributed by atoms with Crippen LogP contribution in [0, 0.1) is 16.7 Å². The summed E-state index contributed by atoms with van der Waals surface area (Å²) in [5.41, 5.74) is -2.40. The summed E-state index contributed by atoms with van der Waals surface area (Å²) in [5.74, 6) is 0.0409. The predicted octanol–water partition coefficient (Wildman–Crippen LogP) is -2.55. The Morgan fingerprint density at radius 2 is 1.66 bits per heavy atom. The van der Waals surface area contributed by atoms with Gasteiger partial charge >= 0.3 is 0 Å². The van der Waals surface area contributed by atoms with Crippen molar-refractivity contribution in [1.82, 2.24) is 0 Å². The van der Waals surface area contributed by atoms with Gasteiger partial charge in [0.05, 0.1) is 32.0 Å². The van der Waals surface area contributed by atoms with E-state index in [4.69, 9.17) is 18.9 Å². The molecule has 4 fully saturated rings. The van der Waals surface area contributed by atoms with Gasteiger partial charge in [0, 0.05) is 5.41 Å². The van der Waals surface area contributed by atoms with Gasteiger partial charge in [-0.25, -0.2) is 0 Å². The van der Waals surface area contributed by atoms with Gasteiger partial charge in [-0.2, -0.15) is 0 Å². The van der Waals surface area contributed by atoms with E-state index < -0.39 is 61.4 Å². The van der Waals surface area contributed by atoms with E-state index in [0.29, 0.717) is 12.8 Å². The van der Waals surface area contributed by atoms with E-state index in [1.54, 1.807) is 0 Å². The number of aliphatic hydroxyl groups is 7. The van der Waals surface area contributed by atoms with Crippen LogP contribution in [0.2, 0.25) is 0 Å². The maximum absolute atomic E-state index is 10.5. The lowest BCUT2D eigenvalue weighted by molar-refractivity contribution is -0.326. The minimum absolute atomic E-state index is 0.0409. The molecule has 0 aromatic heterocycles. The molecule has 0 spiro atoms. The van der Waals surface area contributed by atoms with E-state index in [-0.39, 0.29) is 36.1 Å². The highest BCUT2D eigenvalue weighted by molar-refractivity contribution is 5.14. The first-order valence-electron chi connectivity index (χ1n) is 11.1. The number of fused-ring (bicyclic) bond motifs is 2. The van der Waals surface area contributed by atoms with Crippen molar-refractivity contribution in [3.05, 3.63) is 0 Å². The summed E-state index contributed by atoms with van der Waals surface area (Å²) in [6, 6.07) is 0. The van der Waals surface area contributed by atoms with E-state index >= 15 is 0 Å². The second kappa shape index (κ2) is 8.35. The molecule has 7 N–H and O–H groups in total. The minimum atomic E-state index is -1.85. The molecule has 11 nitrogen and oxygen atoms in total. The van der Waals surface area contributed by atoms with Gasteiger partial charge in [-0.15, -0.1) is 0 Å². The van der Waals surface area contributed by atoms with Gasteiger partial charge in [0.15, 0.2) is 12.6 Å². The highest BCUT2D eigenvalue weighted by atomic mass is 16.7. The third kappa shape index (κ3) is 3.62. The zero-order valence-electron chi connectivity index (χ0n) is 18.6. The van der Waals surface area contributed by atoms with Gasteiger partial charge in [-0.1, -0.05) is 20.8 Å². The molecule has 186 valence electrons. The highest BCUT2D eigenvalue weighted by Gasteiger charge is 2.66. The molecule has 0 aromatic carbocycles. The van der Waals surface area contributed by atoms with Crippen molar-refractivity contribution in [2.75, 3.05) is 19.8 Å². The molecule has 2 bridgehead atoms. The highest BCUT2D eigenvalue weighted by Crippen LogP contribution is 2.66. The average Bonchev–Trinajstić information content (AvgIpc) is 3.20. The van der Waals surface area contributed by atoms with Crippen LogP contribution in [0.15, 0.2) is 0 Å². The second-order valence-corrected chi connectivity index (χ2v) is 10.6. The van der Waals surface area contributed by atoms with Crippen LogP contribution in [0.1, 0.15) is 33.6 Å². The van der Waals surface area contributed by atoms with Gasteiger partial charge in [-0.05, 0) is 24.2 Å². The number of hydrogen-bond donors (Lipinski definition) is 7. The van der Waals surface area contributed by atoms with Crippen LogP contribution in [0.3, 0.4) is 0 Å². The van der Waals surface area contributed by atoms with E-state index in [2.05, 4.69) is 13.8 Å². The molecule has 12 atom stereocenters. The standard InChI is InChI=1S/C21H36O11/c1-19(2)9-4-12(20(19,3)5-10(9)23)32-17-15(26)14(25)13(24)11(31-17)6-29-18-16(27)21(28,7-22)8-30-18/h9-18,22-28H,4-8H2,1-3H3/t9-,10+,11+,12-,13+,14-,15+,16-,17-,18+,20-,21+/m1/s1. The summed E-state index contributed by atoms with van der Waals surface area (Å²) in [4.78, 5) is 0. The number of ether oxygens (including phenoxy) is 4. The Morgan fingerprint density at radius 3 is 2.19 bits per heavy atom. The quantitative estimate of drug-likeness (QED) is 0.220. The van der Waals surface area contributed by atoms with Crippen molar-refractivity contribution >= 4 is 0 Å². The lowest BCUT2D eigenvalue weighted by atomic mass is 9.70. The number of rotatable bonds is 6. The maximum Gasteiger partial charge on any atom is 0.186 e. The number of hydrogen-bond acceptors (Lipinski definition) is 11. The van der Waals surface area contributed by atoms with Crippen LogP contribution in [-0.2, 0) is 18.9 Å². The van der Waals surface area contributed by atoms with Crippen molar-refractivity contribution in [2.24, 2.45) is 16.7 Å². The van der Waals surface area contributed by atoms with Crippen molar-refractivity contribution < 1.29 is 54.7 Å². The van der Waals surface area contributed by atoms with Crippen LogP contribution in [-0.4, -0.2) is 116 Å². The topological polar surface area (TPSA) is 179 Å². The molecule has 0 amide bonds. The summed E-state index contributed by atoms with van der Waals surface area (Å²) >= 11 is 0. The van der Waals surface area contributed by atoms with E-state index in [1.165, 1.54) is 0 Å². The van der Waals surface area contributed by atoms with Gasteiger partial charge in [-0.3, -0.25) is 0 Å². The Bertz CT molecular complexity index is 691. The molecule has 11 heteroatoms. The van der Waals surface area contributed by atoms with E-state index in [1.807, 2.05) is 6.92 Å². The van der Waals surface area contributed by atoms with Gasteiger partial charge in [0.25, 0.3) is 0 Å². The van der Waals surface area contributed by atoms with Crippen LogP contribution >= 0.6 is 0 Å². The zero-order valence-corrected chi connectivity index (χ0v) is 18.6. The largest absolute Gasteiger partial charge is 0.393 e. The SMILES string of the molecule is CC1(C)[C@@H]2C[C@@H](O[C@H]3O[C@@H](CO[C@H]4OC[C@@](O)(CO)[C@@H]4O)[C@H](O)[C@@H](O)[C@@H]3O)[C@@]1(C)C[C@@H]2O. The lowest BCUT2D eigenvalue weighted by Crippen LogP contribution is -2.60. The molecule has 2 aliphatic carbocycles. The third-order valence-electron chi connectivity index (χ3n) is 8.65. The van der Waals surface area contributed by atoms with Crippen LogP contribution in [0.4, 0.5) is 0 Å². The molecule has 2 heterocycles. The first-order chi connectivity index (χ1) is 14.9. The maximum atomic E-state index is 10.5. The first-order valence-corrected chi connectivity index (χ1v) is 11.1.